The predicted octanol–water partition coefficient (Wildman–Crippen LogP) is 7.14. The molecule has 0 aromatic rings. The SMILES string of the molecule is CCCCC(CCCCCCC(CCC(C)CCC(C)N=O)N=O)N=O. The maximum atomic E-state index is 11.0. The Bertz CT molecular complexity index is 366. The van der Waals surface area contributed by atoms with Crippen molar-refractivity contribution in [3.8, 4) is 0 Å². The van der Waals surface area contributed by atoms with Crippen molar-refractivity contribution < 1.29 is 0 Å². The molecule has 0 aliphatic carbocycles. The van der Waals surface area contributed by atoms with Crippen LogP contribution in [0.3, 0.4) is 0 Å². The van der Waals surface area contributed by atoms with Crippen LogP contribution in [0.25, 0.3) is 0 Å². The van der Waals surface area contributed by atoms with Crippen molar-refractivity contribution in [1.29, 1.82) is 0 Å². The van der Waals surface area contributed by atoms with Gasteiger partial charge >= 0.3 is 0 Å². The second kappa shape index (κ2) is 17.2. The molecule has 0 saturated heterocycles. The van der Waals surface area contributed by atoms with E-state index in [9.17, 15) is 14.7 Å². The van der Waals surface area contributed by atoms with Crippen LogP contribution in [0.4, 0.5) is 0 Å². The Morgan fingerprint density at radius 1 is 0.577 bits per heavy atom. The van der Waals surface area contributed by atoms with Gasteiger partial charge in [0.15, 0.2) is 0 Å². The van der Waals surface area contributed by atoms with Gasteiger partial charge in [-0.2, -0.15) is 14.7 Å². The summed E-state index contributed by atoms with van der Waals surface area (Å²) in [6.07, 6.45) is 12.7. The molecule has 0 aliphatic heterocycles. The van der Waals surface area contributed by atoms with E-state index in [1.165, 1.54) is 0 Å². The topological polar surface area (TPSA) is 88.3 Å². The number of rotatable bonds is 19. The Labute approximate surface area is 159 Å². The molecule has 26 heavy (non-hydrogen) atoms. The van der Waals surface area contributed by atoms with Crippen LogP contribution in [0, 0.1) is 20.6 Å². The molecule has 0 amide bonds. The lowest BCUT2D eigenvalue weighted by atomic mass is 9.94. The van der Waals surface area contributed by atoms with E-state index in [4.69, 9.17) is 0 Å². The Balaban J connectivity index is 3.73. The summed E-state index contributed by atoms with van der Waals surface area (Å²) in [7, 11) is 0. The Hall–Kier alpha value is -1.20. The molecule has 0 fully saturated rings. The lowest BCUT2D eigenvalue weighted by molar-refractivity contribution is 0.405. The quantitative estimate of drug-likeness (QED) is 0.179. The van der Waals surface area contributed by atoms with Crippen molar-refractivity contribution in [1.82, 2.24) is 0 Å². The van der Waals surface area contributed by atoms with Gasteiger partial charge in [-0.1, -0.05) is 67.9 Å². The highest BCUT2D eigenvalue weighted by Gasteiger charge is 2.13. The first kappa shape index (κ1) is 24.8. The molecule has 0 heterocycles. The van der Waals surface area contributed by atoms with Crippen LogP contribution in [0.5, 0.6) is 0 Å². The van der Waals surface area contributed by atoms with E-state index in [1.807, 2.05) is 6.92 Å². The molecule has 6 nitrogen and oxygen atoms in total. The number of nitrogens with zero attached hydrogens (tertiary/aromatic N) is 3. The molecule has 0 aliphatic rings. The average molecular weight is 370 g/mol. The third-order valence-electron chi connectivity index (χ3n) is 5.26. The van der Waals surface area contributed by atoms with E-state index < -0.39 is 0 Å². The standard InChI is InChI=1S/C20H39N3O3/c1-4-5-10-19(22-25)11-8-6-7-9-12-20(23-26)16-14-17(2)13-15-18(3)21-24/h17-20H,4-16H2,1-3H3. The lowest BCUT2D eigenvalue weighted by Crippen LogP contribution is -2.08. The van der Waals surface area contributed by atoms with E-state index in [0.29, 0.717) is 5.92 Å². The summed E-state index contributed by atoms with van der Waals surface area (Å²) in [6, 6.07) is -0.223. The normalized spacial score (nSPS) is 15.8. The maximum absolute atomic E-state index is 11.0. The first-order valence-corrected chi connectivity index (χ1v) is 10.5. The molecule has 0 saturated carbocycles. The van der Waals surface area contributed by atoms with Gasteiger partial charge in [0.1, 0.15) is 0 Å². The summed E-state index contributed by atoms with van der Waals surface area (Å²) in [5.41, 5.74) is 0. The highest BCUT2D eigenvalue weighted by Crippen LogP contribution is 2.20. The van der Waals surface area contributed by atoms with Crippen molar-refractivity contribution in [3.05, 3.63) is 14.7 Å². The van der Waals surface area contributed by atoms with Gasteiger partial charge in [0.05, 0.1) is 18.1 Å². The number of nitroso groups, excluding NO2 is 3. The van der Waals surface area contributed by atoms with E-state index in [1.54, 1.807) is 0 Å². The molecule has 0 spiro atoms. The predicted molar refractivity (Wildman–Crippen MR) is 109 cm³/mol. The highest BCUT2D eigenvalue weighted by atomic mass is 16.3. The van der Waals surface area contributed by atoms with E-state index in [2.05, 4.69) is 29.4 Å². The molecule has 0 aromatic heterocycles. The van der Waals surface area contributed by atoms with Crippen LogP contribution in [0.1, 0.15) is 104 Å². The van der Waals surface area contributed by atoms with Gasteiger partial charge in [0.25, 0.3) is 0 Å². The Kier molecular flexibility index (Phi) is 16.4. The summed E-state index contributed by atoms with van der Waals surface area (Å²) in [6.45, 7) is 6.13. The van der Waals surface area contributed by atoms with E-state index in [-0.39, 0.29) is 18.1 Å². The third kappa shape index (κ3) is 14.0. The molecule has 4 unspecified atom stereocenters. The highest BCUT2D eigenvalue weighted by molar-refractivity contribution is 4.70. The summed E-state index contributed by atoms with van der Waals surface area (Å²) >= 11 is 0. The smallest absolute Gasteiger partial charge is 0.0919 e. The fourth-order valence-corrected chi connectivity index (χ4v) is 3.25. The number of hydrogen-bond acceptors (Lipinski definition) is 6. The molecular weight excluding hydrogens is 330 g/mol. The van der Waals surface area contributed by atoms with Crippen molar-refractivity contribution >= 4 is 0 Å². The molecule has 0 aromatic carbocycles. The zero-order valence-electron chi connectivity index (χ0n) is 17.1. The van der Waals surface area contributed by atoms with Crippen molar-refractivity contribution in [2.45, 2.75) is 122 Å². The number of hydrogen-bond donors (Lipinski definition) is 0. The van der Waals surface area contributed by atoms with Gasteiger partial charge in [0.2, 0.25) is 0 Å². The second-order valence-electron chi connectivity index (χ2n) is 7.87. The molecular formula is C20H39N3O3. The van der Waals surface area contributed by atoms with Gasteiger partial charge in [-0.05, 0) is 57.8 Å². The van der Waals surface area contributed by atoms with E-state index >= 15 is 0 Å². The summed E-state index contributed by atoms with van der Waals surface area (Å²) in [5, 5.41) is 9.54. The third-order valence-corrected chi connectivity index (χ3v) is 5.26. The first-order valence-electron chi connectivity index (χ1n) is 10.5. The molecule has 0 N–H and O–H groups in total. The van der Waals surface area contributed by atoms with Gasteiger partial charge < -0.3 is 0 Å². The minimum Gasteiger partial charge on any atom is -0.151 e. The second-order valence-corrected chi connectivity index (χ2v) is 7.87. The summed E-state index contributed by atoms with van der Waals surface area (Å²) in [4.78, 5) is 32.2. The van der Waals surface area contributed by atoms with Crippen LogP contribution in [-0.4, -0.2) is 18.1 Å². The first-order chi connectivity index (χ1) is 12.6. The van der Waals surface area contributed by atoms with Crippen molar-refractivity contribution in [3.63, 3.8) is 0 Å². The fraction of sp³-hybridized carbons (Fsp3) is 1.00. The van der Waals surface area contributed by atoms with Crippen LogP contribution in [0.2, 0.25) is 0 Å². The molecule has 152 valence electrons. The van der Waals surface area contributed by atoms with Crippen LogP contribution < -0.4 is 0 Å². The lowest BCUT2D eigenvalue weighted by Gasteiger charge is -2.14. The van der Waals surface area contributed by atoms with Crippen LogP contribution in [0.15, 0.2) is 15.5 Å². The average Bonchev–Trinajstić information content (AvgIpc) is 2.66. The Morgan fingerprint density at radius 3 is 1.58 bits per heavy atom. The minimum atomic E-state index is -0.117. The molecule has 6 heteroatoms. The van der Waals surface area contributed by atoms with Gasteiger partial charge in [-0.25, -0.2) is 0 Å². The van der Waals surface area contributed by atoms with Gasteiger partial charge in [-0.15, -0.1) is 0 Å². The molecule has 4 atom stereocenters. The zero-order chi connectivity index (χ0) is 19.6. The Morgan fingerprint density at radius 2 is 1.08 bits per heavy atom. The van der Waals surface area contributed by atoms with Crippen LogP contribution >= 0.6 is 0 Å². The molecule has 0 radical (unpaired) electrons. The summed E-state index contributed by atoms with van der Waals surface area (Å²) in [5.74, 6) is 0.499. The minimum absolute atomic E-state index is 0.0158. The van der Waals surface area contributed by atoms with Crippen LogP contribution in [-0.2, 0) is 0 Å². The molecule has 0 bridgehead atoms. The summed E-state index contributed by atoms with van der Waals surface area (Å²) < 4.78 is 0. The van der Waals surface area contributed by atoms with Crippen molar-refractivity contribution in [2.75, 3.05) is 0 Å². The fourth-order valence-electron chi connectivity index (χ4n) is 3.25. The van der Waals surface area contributed by atoms with E-state index in [0.717, 1.165) is 83.5 Å². The largest absolute Gasteiger partial charge is 0.151 e. The molecule has 0 rings (SSSR count). The van der Waals surface area contributed by atoms with Gasteiger partial charge in [-0.3, -0.25) is 0 Å². The number of unbranched alkanes of at least 4 members (excludes halogenated alkanes) is 4. The maximum Gasteiger partial charge on any atom is 0.0919 e. The van der Waals surface area contributed by atoms with Gasteiger partial charge in [0, 0.05) is 0 Å². The zero-order valence-corrected chi connectivity index (χ0v) is 17.1. The monoisotopic (exact) mass is 369 g/mol. The van der Waals surface area contributed by atoms with Crippen molar-refractivity contribution in [2.24, 2.45) is 21.4 Å².